The summed E-state index contributed by atoms with van der Waals surface area (Å²) >= 11 is 0. The maximum absolute atomic E-state index is 12.6. The Morgan fingerprint density at radius 1 is 0.941 bits per heavy atom. The van der Waals surface area contributed by atoms with Gasteiger partial charge in [-0.2, -0.15) is 0 Å². The second-order valence-electron chi connectivity index (χ2n) is 8.09. The Hall–Kier alpha value is -3.53. The molecule has 0 bridgehead atoms. The van der Waals surface area contributed by atoms with Crippen LogP contribution in [-0.2, 0) is 14.4 Å². The topological polar surface area (TPSA) is 142 Å². The molecule has 10 heteroatoms. The number of carbonyl (C=O) groups excluding carboxylic acids is 3. The van der Waals surface area contributed by atoms with Gasteiger partial charge in [0.2, 0.25) is 17.7 Å². The maximum atomic E-state index is 12.6. The van der Waals surface area contributed by atoms with E-state index in [2.05, 4.69) is 36.6 Å². The van der Waals surface area contributed by atoms with Gasteiger partial charge in [-0.25, -0.2) is 9.97 Å². The van der Waals surface area contributed by atoms with Crippen molar-refractivity contribution in [3.05, 3.63) is 36.4 Å². The number of aromatic nitrogens is 2. The van der Waals surface area contributed by atoms with Crippen molar-refractivity contribution in [3.8, 4) is 11.4 Å². The quantitative estimate of drug-likeness (QED) is 0.433. The molecule has 2 aromatic rings. The zero-order valence-corrected chi connectivity index (χ0v) is 20.0. The van der Waals surface area contributed by atoms with Gasteiger partial charge in [-0.1, -0.05) is 43.2 Å². The van der Waals surface area contributed by atoms with Gasteiger partial charge in [-0.3, -0.25) is 19.3 Å². The molecule has 0 aliphatic carbocycles. The van der Waals surface area contributed by atoms with E-state index >= 15 is 0 Å². The maximum Gasteiger partial charge on any atom is 0.239 e. The molecule has 2 heterocycles. The van der Waals surface area contributed by atoms with E-state index in [1.165, 1.54) is 26.7 Å². The van der Waals surface area contributed by atoms with Gasteiger partial charge in [-0.05, 0) is 25.9 Å². The molecule has 34 heavy (non-hydrogen) atoms. The highest BCUT2D eigenvalue weighted by atomic mass is 16.2. The van der Waals surface area contributed by atoms with E-state index in [1.807, 2.05) is 30.3 Å². The minimum atomic E-state index is -0.333. The van der Waals surface area contributed by atoms with E-state index in [-0.39, 0.29) is 17.7 Å². The number of carbonyl (C=O) groups is 3. The van der Waals surface area contributed by atoms with Crippen molar-refractivity contribution >= 4 is 29.4 Å². The SMILES string of the molecule is CC(=O)NCCNc1cc(NC(=O)CN2CCCCCC2)nc(-c2ccccc2)n1.CC(N)=O. The van der Waals surface area contributed by atoms with Crippen molar-refractivity contribution in [3.63, 3.8) is 0 Å². The molecular weight excluding hydrogens is 434 g/mol. The summed E-state index contributed by atoms with van der Waals surface area (Å²) in [5.74, 6) is 1.11. The number of rotatable bonds is 8. The average molecular weight is 470 g/mol. The van der Waals surface area contributed by atoms with Crippen molar-refractivity contribution in [1.29, 1.82) is 0 Å². The summed E-state index contributed by atoms with van der Waals surface area (Å²) in [4.78, 5) is 44.2. The summed E-state index contributed by atoms with van der Waals surface area (Å²) in [6, 6.07) is 11.4. The van der Waals surface area contributed by atoms with E-state index in [4.69, 9.17) is 0 Å². The minimum absolute atomic E-state index is 0.0705. The third kappa shape index (κ3) is 10.9. The fourth-order valence-electron chi connectivity index (χ4n) is 3.43. The molecule has 10 nitrogen and oxygen atoms in total. The van der Waals surface area contributed by atoms with Gasteiger partial charge in [0.1, 0.15) is 11.6 Å². The summed E-state index contributed by atoms with van der Waals surface area (Å²) in [5.41, 5.74) is 5.34. The van der Waals surface area contributed by atoms with E-state index < -0.39 is 0 Å². The number of hydrogen-bond acceptors (Lipinski definition) is 7. The Morgan fingerprint density at radius 2 is 1.56 bits per heavy atom. The van der Waals surface area contributed by atoms with Crippen LogP contribution in [0.4, 0.5) is 11.6 Å². The Labute approximate surface area is 200 Å². The number of nitrogens with one attached hydrogen (secondary N) is 3. The van der Waals surface area contributed by atoms with E-state index in [0.29, 0.717) is 37.1 Å². The first-order valence-corrected chi connectivity index (χ1v) is 11.5. The standard InChI is InChI=1S/C22H30N6O2.C2H5NO/c1-17(29)23-11-12-24-19-15-20(27-22(26-19)18-9-5-4-6-10-18)25-21(30)16-28-13-7-2-3-8-14-28;1-2(3)4/h4-6,9-10,15H,2-3,7-8,11-14,16H2,1H3,(H,23,29)(H2,24,25,26,27,30);1H3,(H2,3,4). The first-order valence-electron chi connectivity index (χ1n) is 11.5. The predicted octanol–water partition coefficient (Wildman–Crippen LogP) is 2.00. The van der Waals surface area contributed by atoms with Crippen molar-refractivity contribution in [1.82, 2.24) is 20.2 Å². The Balaban J connectivity index is 0.000000945. The number of likely N-dealkylation sites (tertiary alicyclic amines) is 1. The van der Waals surface area contributed by atoms with E-state index in [9.17, 15) is 14.4 Å². The van der Waals surface area contributed by atoms with Crippen LogP contribution in [0.3, 0.4) is 0 Å². The number of amides is 3. The van der Waals surface area contributed by atoms with Crippen molar-refractivity contribution < 1.29 is 14.4 Å². The zero-order chi connectivity index (χ0) is 24.8. The molecule has 3 amide bonds. The number of anilines is 2. The molecule has 0 unspecified atom stereocenters. The van der Waals surface area contributed by atoms with Crippen molar-refractivity contribution in [2.75, 3.05) is 43.4 Å². The van der Waals surface area contributed by atoms with Crippen LogP contribution in [0.25, 0.3) is 11.4 Å². The molecule has 1 aromatic heterocycles. The van der Waals surface area contributed by atoms with E-state index in [1.54, 1.807) is 6.07 Å². The van der Waals surface area contributed by atoms with Crippen LogP contribution < -0.4 is 21.7 Å². The zero-order valence-electron chi connectivity index (χ0n) is 20.0. The normalized spacial score (nSPS) is 13.6. The van der Waals surface area contributed by atoms with Crippen LogP contribution in [0.1, 0.15) is 39.5 Å². The van der Waals surface area contributed by atoms with Gasteiger partial charge in [-0.15, -0.1) is 0 Å². The van der Waals surface area contributed by atoms with Crippen LogP contribution in [-0.4, -0.2) is 65.3 Å². The lowest BCUT2D eigenvalue weighted by molar-refractivity contribution is -0.119. The summed E-state index contributed by atoms with van der Waals surface area (Å²) in [5, 5.41) is 8.85. The van der Waals surface area contributed by atoms with Gasteiger partial charge in [0.15, 0.2) is 5.82 Å². The van der Waals surface area contributed by atoms with Gasteiger partial charge in [0.05, 0.1) is 6.54 Å². The smallest absolute Gasteiger partial charge is 0.239 e. The molecule has 3 rings (SSSR count). The molecule has 5 N–H and O–H groups in total. The highest BCUT2D eigenvalue weighted by Crippen LogP contribution is 2.20. The summed E-state index contributed by atoms with van der Waals surface area (Å²) in [7, 11) is 0. The molecule has 0 radical (unpaired) electrons. The number of nitrogens with two attached hydrogens (primary N) is 1. The summed E-state index contributed by atoms with van der Waals surface area (Å²) < 4.78 is 0. The van der Waals surface area contributed by atoms with Crippen LogP contribution in [0.15, 0.2) is 36.4 Å². The lowest BCUT2D eigenvalue weighted by Crippen LogP contribution is -2.34. The largest absolute Gasteiger partial charge is 0.370 e. The highest BCUT2D eigenvalue weighted by Gasteiger charge is 2.15. The fraction of sp³-hybridized carbons (Fsp3) is 0.458. The van der Waals surface area contributed by atoms with Crippen LogP contribution in [0.5, 0.6) is 0 Å². The number of primary amides is 1. The lowest BCUT2D eigenvalue weighted by atomic mass is 10.2. The molecule has 184 valence electrons. The second-order valence-corrected chi connectivity index (χ2v) is 8.09. The van der Waals surface area contributed by atoms with Gasteiger partial charge in [0, 0.05) is 38.6 Å². The number of benzene rings is 1. The van der Waals surface area contributed by atoms with Crippen molar-refractivity contribution in [2.45, 2.75) is 39.5 Å². The predicted molar refractivity (Wildman–Crippen MR) is 133 cm³/mol. The average Bonchev–Trinajstić information content (AvgIpc) is 3.05. The molecule has 1 aliphatic rings. The highest BCUT2D eigenvalue weighted by molar-refractivity contribution is 5.92. The van der Waals surface area contributed by atoms with Crippen LogP contribution in [0, 0.1) is 0 Å². The molecule has 0 spiro atoms. The molecule has 1 saturated heterocycles. The Morgan fingerprint density at radius 3 is 2.18 bits per heavy atom. The third-order valence-electron chi connectivity index (χ3n) is 4.90. The minimum Gasteiger partial charge on any atom is -0.370 e. The second kappa shape index (κ2) is 14.6. The molecule has 0 saturated carbocycles. The molecular formula is C24H35N7O3. The summed E-state index contributed by atoms with van der Waals surface area (Å²) in [6.45, 7) is 6.08. The van der Waals surface area contributed by atoms with Crippen LogP contribution in [0.2, 0.25) is 0 Å². The Bertz CT molecular complexity index is 925. The van der Waals surface area contributed by atoms with Gasteiger partial charge >= 0.3 is 0 Å². The summed E-state index contributed by atoms with van der Waals surface area (Å²) in [6.07, 6.45) is 4.75. The lowest BCUT2D eigenvalue weighted by Gasteiger charge is -2.19. The van der Waals surface area contributed by atoms with E-state index in [0.717, 1.165) is 31.5 Å². The van der Waals surface area contributed by atoms with Crippen molar-refractivity contribution in [2.24, 2.45) is 5.73 Å². The Kier molecular flexibility index (Phi) is 11.5. The number of nitrogens with zero attached hydrogens (tertiary/aromatic N) is 3. The first kappa shape index (κ1) is 26.7. The monoisotopic (exact) mass is 469 g/mol. The molecule has 1 aromatic carbocycles. The van der Waals surface area contributed by atoms with Gasteiger partial charge < -0.3 is 21.7 Å². The molecule has 1 fully saturated rings. The molecule has 1 aliphatic heterocycles. The third-order valence-corrected chi connectivity index (χ3v) is 4.90. The number of hydrogen-bond donors (Lipinski definition) is 4. The van der Waals surface area contributed by atoms with Gasteiger partial charge in [0.25, 0.3) is 0 Å². The fourth-order valence-corrected chi connectivity index (χ4v) is 3.43. The first-order chi connectivity index (χ1) is 16.3. The molecule has 0 atom stereocenters. The van der Waals surface area contributed by atoms with Crippen LogP contribution >= 0.6 is 0 Å².